The van der Waals surface area contributed by atoms with Crippen LogP contribution in [0, 0.1) is 0 Å². The number of nitrogens with zero attached hydrogens (tertiary/aromatic N) is 1. The number of hydrogen-bond acceptors (Lipinski definition) is 4. The molecule has 0 fully saturated rings. The van der Waals surface area contributed by atoms with E-state index in [1.54, 1.807) is 18.2 Å². The Bertz CT molecular complexity index is 548. The maximum Gasteiger partial charge on any atom is 0.252 e. The van der Waals surface area contributed by atoms with Crippen LogP contribution in [0.1, 0.15) is 0 Å². The normalized spacial score (nSPS) is 10.1. The fourth-order valence-corrected chi connectivity index (χ4v) is 1.30. The summed E-state index contributed by atoms with van der Waals surface area (Å²) in [4.78, 5) is 17.4. The van der Waals surface area contributed by atoms with Gasteiger partial charge in [0.25, 0.3) is 5.56 Å². The lowest BCUT2D eigenvalue weighted by Crippen LogP contribution is -2.10. The summed E-state index contributed by atoms with van der Waals surface area (Å²) in [6, 6.07) is 7.90. The Balaban J connectivity index is 2.64. The fraction of sp³-hybridized carbons (Fsp3) is 0. The van der Waals surface area contributed by atoms with E-state index in [2.05, 4.69) is 9.97 Å². The number of aromatic nitrogens is 2. The standard InChI is InChI=1S/C10H9N3O2/c11-10-12-7(5-9(15)13-10)6-3-1-2-4-8(6)14/h1-5,14H,(H3,11,12,13,15). The van der Waals surface area contributed by atoms with E-state index in [0.29, 0.717) is 11.3 Å². The SMILES string of the molecule is Nc1nc(-c2ccccc2O)cc(=O)[nH]1. The first-order valence-corrected chi connectivity index (χ1v) is 4.32. The van der Waals surface area contributed by atoms with Gasteiger partial charge in [0, 0.05) is 11.6 Å². The largest absolute Gasteiger partial charge is 0.507 e. The first-order valence-electron chi connectivity index (χ1n) is 4.32. The molecule has 0 aliphatic rings. The van der Waals surface area contributed by atoms with Gasteiger partial charge >= 0.3 is 0 Å². The van der Waals surface area contributed by atoms with Crippen LogP contribution in [0.4, 0.5) is 5.95 Å². The van der Waals surface area contributed by atoms with E-state index < -0.39 is 0 Å². The number of nitrogen functional groups attached to an aromatic ring is 1. The Kier molecular flexibility index (Phi) is 2.13. The number of aromatic amines is 1. The molecule has 0 saturated carbocycles. The Morgan fingerprint density at radius 3 is 2.73 bits per heavy atom. The van der Waals surface area contributed by atoms with Crippen LogP contribution in [0.3, 0.4) is 0 Å². The Morgan fingerprint density at radius 2 is 2.07 bits per heavy atom. The maximum absolute atomic E-state index is 11.1. The zero-order chi connectivity index (χ0) is 10.8. The van der Waals surface area contributed by atoms with Crippen molar-refractivity contribution >= 4 is 5.95 Å². The summed E-state index contributed by atoms with van der Waals surface area (Å²) in [6.07, 6.45) is 0. The summed E-state index contributed by atoms with van der Waals surface area (Å²) in [6.45, 7) is 0. The molecule has 0 spiro atoms. The van der Waals surface area contributed by atoms with Crippen LogP contribution in [0.2, 0.25) is 0 Å². The predicted molar refractivity (Wildman–Crippen MR) is 56.4 cm³/mol. The molecule has 0 unspecified atom stereocenters. The van der Waals surface area contributed by atoms with Crippen molar-refractivity contribution in [1.29, 1.82) is 0 Å². The third kappa shape index (κ3) is 1.80. The molecule has 2 rings (SSSR count). The number of aromatic hydroxyl groups is 1. The zero-order valence-electron chi connectivity index (χ0n) is 7.77. The number of rotatable bonds is 1. The van der Waals surface area contributed by atoms with Crippen LogP contribution in [0.15, 0.2) is 35.1 Å². The highest BCUT2D eigenvalue weighted by Gasteiger charge is 2.05. The summed E-state index contributed by atoms with van der Waals surface area (Å²) < 4.78 is 0. The van der Waals surface area contributed by atoms with Gasteiger partial charge in [-0.25, -0.2) is 4.98 Å². The van der Waals surface area contributed by atoms with E-state index >= 15 is 0 Å². The number of nitrogens with one attached hydrogen (secondary N) is 1. The minimum atomic E-state index is -0.347. The summed E-state index contributed by atoms with van der Waals surface area (Å²) in [5.41, 5.74) is 5.89. The highest BCUT2D eigenvalue weighted by atomic mass is 16.3. The molecule has 15 heavy (non-hydrogen) atoms. The molecule has 4 N–H and O–H groups in total. The highest BCUT2D eigenvalue weighted by molar-refractivity contribution is 5.66. The number of nitrogens with two attached hydrogens (primary N) is 1. The van der Waals surface area contributed by atoms with Gasteiger partial charge in [0.05, 0.1) is 5.69 Å². The Labute approximate surface area is 85.2 Å². The molecule has 0 radical (unpaired) electrons. The lowest BCUT2D eigenvalue weighted by molar-refractivity contribution is 0.477. The Morgan fingerprint density at radius 1 is 1.33 bits per heavy atom. The molecule has 0 saturated heterocycles. The van der Waals surface area contributed by atoms with Gasteiger partial charge in [0.1, 0.15) is 5.75 Å². The lowest BCUT2D eigenvalue weighted by atomic mass is 10.1. The second kappa shape index (κ2) is 3.45. The molecule has 1 heterocycles. The summed E-state index contributed by atoms with van der Waals surface area (Å²) in [5.74, 6) is 0.0933. The molecule has 0 amide bonds. The van der Waals surface area contributed by atoms with Gasteiger partial charge in [-0.15, -0.1) is 0 Å². The molecule has 0 atom stereocenters. The minimum Gasteiger partial charge on any atom is -0.507 e. The molecular formula is C10H9N3O2. The van der Waals surface area contributed by atoms with E-state index in [0.717, 1.165) is 0 Å². The van der Waals surface area contributed by atoms with Gasteiger partial charge in [-0.05, 0) is 12.1 Å². The second-order valence-electron chi connectivity index (χ2n) is 3.03. The van der Waals surface area contributed by atoms with E-state index in [-0.39, 0.29) is 17.3 Å². The molecule has 5 heteroatoms. The summed E-state index contributed by atoms with van der Waals surface area (Å²) >= 11 is 0. The minimum absolute atomic E-state index is 0.0285. The van der Waals surface area contributed by atoms with Gasteiger partial charge in [-0.3, -0.25) is 9.78 Å². The number of H-pyrrole nitrogens is 1. The molecule has 1 aromatic carbocycles. The van der Waals surface area contributed by atoms with Gasteiger partial charge in [-0.2, -0.15) is 0 Å². The van der Waals surface area contributed by atoms with Crippen LogP contribution >= 0.6 is 0 Å². The lowest BCUT2D eigenvalue weighted by Gasteiger charge is -2.03. The van der Waals surface area contributed by atoms with Crippen molar-refractivity contribution in [3.8, 4) is 17.0 Å². The van der Waals surface area contributed by atoms with E-state index in [4.69, 9.17) is 5.73 Å². The molecule has 1 aromatic heterocycles. The molecule has 0 aliphatic heterocycles. The smallest absolute Gasteiger partial charge is 0.252 e. The van der Waals surface area contributed by atoms with Crippen LogP contribution in [0.5, 0.6) is 5.75 Å². The number of phenols is 1. The third-order valence-corrected chi connectivity index (χ3v) is 1.94. The van der Waals surface area contributed by atoms with Crippen molar-refractivity contribution in [2.75, 3.05) is 5.73 Å². The van der Waals surface area contributed by atoms with Gasteiger partial charge in [0.2, 0.25) is 5.95 Å². The third-order valence-electron chi connectivity index (χ3n) is 1.94. The average molecular weight is 203 g/mol. The van der Waals surface area contributed by atoms with Crippen molar-refractivity contribution < 1.29 is 5.11 Å². The maximum atomic E-state index is 11.1. The van der Waals surface area contributed by atoms with Crippen LogP contribution in [-0.4, -0.2) is 15.1 Å². The highest BCUT2D eigenvalue weighted by Crippen LogP contribution is 2.25. The van der Waals surface area contributed by atoms with Crippen LogP contribution < -0.4 is 11.3 Å². The van der Waals surface area contributed by atoms with Crippen molar-refractivity contribution in [1.82, 2.24) is 9.97 Å². The summed E-state index contributed by atoms with van der Waals surface area (Å²) in [7, 11) is 0. The number of phenolic OH excluding ortho intramolecular Hbond substituents is 1. The number of para-hydroxylation sites is 1. The van der Waals surface area contributed by atoms with E-state index in [1.165, 1.54) is 12.1 Å². The van der Waals surface area contributed by atoms with Gasteiger partial charge < -0.3 is 10.8 Å². The van der Waals surface area contributed by atoms with Crippen molar-refractivity contribution in [2.24, 2.45) is 0 Å². The van der Waals surface area contributed by atoms with Crippen molar-refractivity contribution in [3.05, 3.63) is 40.7 Å². The number of anilines is 1. The molecule has 5 nitrogen and oxygen atoms in total. The average Bonchev–Trinajstić information content (AvgIpc) is 2.16. The molecule has 2 aromatic rings. The number of benzene rings is 1. The molecule has 0 bridgehead atoms. The number of hydrogen-bond donors (Lipinski definition) is 3. The van der Waals surface area contributed by atoms with Crippen molar-refractivity contribution in [3.63, 3.8) is 0 Å². The summed E-state index contributed by atoms with van der Waals surface area (Å²) in [5, 5.41) is 9.55. The quantitative estimate of drug-likeness (QED) is 0.636. The van der Waals surface area contributed by atoms with E-state index in [1.807, 2.05) is 0 Å². The first kappa shape index (κ1) is 9.26. The fourth-order valence-electron chi connectivity index (χ4n) is 1.30. The Hall–Kier alpha value is -2.30. The zero-order valence-corrected chi connectivity index (χ0v) is 7.77. The van der Waals surface area contributed by atoms with E-state index in [9.17, 15) is 9.90 Å². The van der Waals surface area contributed by atoms with Crippen molar-refractivity contribution in [2.45, 2.75) is 0 Å². The van der Waals surface area contributed by atoms with Crippen LogP contribution in [-0.2, 0) is 0 Å². The predicted octanol–water partition coefficient (Wildman–Crippen LogP) is 0.725. The first-order chi connectivity index (χ1) is 7.16. The molecule has 76 valence electrons. The topological polar surface area (TPSA) is 92.0 Å². The van der Waals surface area contributed by atoms with Gasteiger partial charge in [0.15, 0.2) is 0 Å². The monoisotopic (exact) mass is 203 g/mol. The van der Waals surface area contributed by atoms with Crippen LogP contribution in [0.25, 0.3) is 11.3 Å². The second-order valence-corrected chi connectivity index (χ2v) is 3.03. The van der Waals surface area contributed by atoms with Gasteiger partial charge in [-0.1, -0.05) is 12.1 Å². The molecular weight excluding hydrogens is 194 g/mol. The molecule has 0 aliphatic carbocycles.